The third-order valence-corrected chi connectivity index (χ3v) is 5.62. The summed E-state index contributed by atoms with van der Waals surface area (Å²) in [4.78, 5) is 28.6. The van der Waals surface area contributed by atoms with Crippen LogP contribution in [-0.2, 0) is 4.79 Å². The Morgan fingerprint density at radius 3 is 2.65 bits per heavy atom. The van der Waals surface area contributed by atoms with Gasteiger partial charge in [0.2, 0.25) is 5.91 Å². The van der Waals surface area contributed by atoms with Gasteiger partial charge in [-0.15, -0.1) is 0 Å². The molecule has 0 bridgehead atoms. The number of imide groups is 1. The van der Waals surface area contributed by atoms with Crippen molar-refractivity contribution < 1.29 is 9.59 Å². The van der Waals surface area contributed by atoms with E-state index in [9.17, 15) is 9.59 Å². The predicted octanol–water partition coefficient (Wildman–Crippen LogP) is 3.77. The quantitative estimate of drug-likeness (QED) is 0.759. The minimum Gasteiger partial charge on any atom is -0.335 e. The lowest BCUT2D eigenvalue weighted by Crippen LogP contribution is -2.45. The fraction of sp³-hybridized carbons (Fsp3) is 0.389. The Morgan fingerprint density at radius 1 is 1.27 bits per heavy atom. The normalized spacial score (nSPS) is 15.6. The number of imidazole rings is 1. The molecule has 1 aliphatic carbocycles. The molecule has 1 heterocycles. The zero-order valence-corrected chi connectivity index (χ0v) is 16.0. The van der Waals surface area contributed by atoms with Crippen LogP contribution >= 0.6 is 23.4 Å². The van der Waals surface area contributed by atoms with E-state index in [0.29, 0.717) is 10.2 Å². The summed E-state index contributed by atoms with van der Waals surface area (Å²) in [7, 11) is 0. The first-order chi connectivity index (χ1) is 12.5. The summed E-state index contributed by atoms with van der Waals surface area (Å²) in [5.41, 5.74) is 0.904. The Balaban J connectivity index is 1.58. The second-order valence-corrected chi connectivity index (χ2v) is 8.00. The van der Waals surface area contributed by atoms with Crippen molar-refractivity contribution in [1.82, 2.24) is 20.2 Å². The zero-order chi connectivity index (χ0) is 18.5. The lowest BCUT2D eigenvalue weighted by molar-refractivity contribution is -0.119. The second kappa shape index (κ2) is 8.60. The molecule has 2 N–H and O–H groups in total. The number of benzene rings is 1. The highest BCUT2D eigenvalue weighted by Crippen LogP contribution is 2.25. The van der Waals surface area contributed by atoms with Crippen LogP contribution in [-0.4, -0.2) is 32.8 Å². The number of amides is 3. The largest absolute Gasteiger partial charge is 0.335 e. The monoisotopic (exact) mass is 392 g/mol. The van der Waals surface area contributed by atoms with Crippen molar-refractivity contribution in [3.63, 3.8) is 0 Å². The predicted molar refractivity (Wildman–Crippen MR) is 103 cm³/mol. The Kier molecular flexibility index (Phi) is 6.21. The summed E-state index contributed by atoms with van der Waals surface area (Å²) in [6, 6.07) is 7.12. The van der Waals surface area contributed by atoms with Crippen LogP contribution in [0.3, 0.4) is 0 Å². The lowest BCUT2D eigenvalue weighted by atomic mass is 10.2. The number of urea groups is 1. The summed E-state index contributed by atoms with van der Waals surface area (Å²) in [6.07, 6.45) is 7.70. The molecule has 1 aromatic carbocycles. The third kappa shape index (κ3) is 4.80. The molecule has 0 aliphatic heterocycles. The molecular weight excluding hydrogens is 372 g/mol. The van der Waals surface area contributed by atoms with Gasteiger partial charge in [-0.3, -0.25) is 14.7 Å². The Bertz CT molecular complexity index is 772. The average molecular weight is 393 g/mol. The molecule has 1 fully saturated rings. The minimum absolute atomic E-state index is 0.176. The van der Waals surface area contributed by atoms with Gasteiger partial charge in [0.25, 0.3) is 0 Å². The van der Waals surface area contributed by atoms with Crippen LogP contribution in [0, 0.1) is 0 Å². The van der Waals surface area contributed by atoms with E-state index in [4.69, 9.17) is 11.6 Å². The molecule has 0 spiro atoms. The van der Waals surface area contributed by atoms with Gasteiger partial charge in [0.1, 0.15) is 0 Å². The molecule has 0 radical (unpaired) electrons. The molecule has 1 aromatic heterocycles. The van der Waals surface area contributed by atoms with Crippen LogP contribution in [0.25, 0.3) is 5.69 Å². The Hall–Kier alpha value is -1.99. The average Bonchev–Trinajstić information content (AvgIpc) is 3.27. The van der Waals surface area contributed by atoms with E-state index >= 15 is 0 Å². The summed E-state index contributed by atoms with van der Waals surface area (Å²) in [5.74, 6) is -0.337. The molecule has 0 saturated heterocycles. The Morgan fingerprint density at radius 2 is 1.96 bits per heavy atom. The number of carbonyl (C=O) groups excluding carboxylic acids is 2. The van der Waals surface area contributed by atoms with Crippen molar-refractivity contribution in [2.75, 3.05) is 0 Å². The highest BCUT2D eigenvalue weighted by molar-refractivity contribution is 8.00. The summed E-state index contributed by atoms with van der Waals surface area (Å²) >= 11 is 7.22. The SMILES string of the molecule is C[C@@H](Sc1nccn1-c1ccc(Cl)cc1)C(=O)NC(=O)NC1CCCC1. The molecule has 3 rings (SSSR count). The van der Waals surface area contributed by atoms with Gasteiger partial charge < -0.3 is 5.32 Å². The molecule has 26 heavy (non-hydrogen) atoms. The van der Waals surface area contributed by atoms with Crippen LogP contribution in [0.2, 0.25) is 5.02 Å². The molecular formula is C18H21ClN4O2S. The number of nitrogens with one attached hydrogen (secondary N) is 2. The molecule has 1 atom stereocenters. The molecule has 1 saturated carbocycles. The van der Waals surface area contributed by atoms with Crippen molar-refractivity contribution in [2.24, 2.45) is 0 Å². The van der Waals surface area contributed by atoms with Crippen molar-refractivity contribution in [3.8, 4) is 5.69 Å². The van der Waals surface area contributed by atoms with Crippen LogP contribution < -0.4 is 10.6 Å². The van der Waals surface area contributed by atoms with E-state index < -0.39 is 11.3 Å². The number of hydrogen-bond donors (Lipinski definition) is 2. The van der Waals surface area contributed by atoms with Crippen LogP contribution in [0.5, 0.6) is 0 Å². The number of halogens is 1. The van der Waals surface area contributed by atoms with E-state index in [-0.39, 0.29) is 11.9 Å². The molecule has 0 unspecified atom stereocenters. The first kappa shape index (κ1) is 18.8. The molecule has 138 valence electrons. The molecule has 2 aromatic rings. The Labute approximate surface area is 161 Å². The second-order valence-electron chi connectivity index (χ2n) is 6.26. The number of aromatic nitrogens is 2. The standard InChI is InChI=1S/C18H21ClN4O2S/c1-12(16(24)22-17(25)21-14-4-2-3-5-14)26-18-20-10-11-23(18)15-8-6-13(19)7-9-15/h6-12,14H,2-5H2,1H3,(H2,21,22,24,25)/t12-/m1/s1. The van der Waals surface area contributed by atoms with Crippen molar-refractivity contribution in [3.05, 3.63) is 41.7 Å². The van der Waals surface area contributed by atoms with E-state index in [1.807, 2.05) is 22.9 Å². The summed E-state index contributed by atoms with van der Waals surface area (Å²) in [5, 5.41) is 6.14. The van der Waals surface area contributed by atoms with Gasteiger partial charge in [0, 0.05) is 29.1 Å². The van der Waals surface area contributed by atoms with Crippen molar-refractivity contribution >= 4 is 35.3 Å². The maximum absolute atomic E-state index is 12.3. The van der Waals surface area contributed by atoms with Gasteiger partial charge in [-0.25, -0.2) is 9.78 Å². The van der Waals surface area contributed by atoms with E-state index in [2.05, 4.69) is 15.6 Å². The van der Waals surface area contributed by atoms with Gasteiger partial charge in [-0.05, 0) is 44.0 Å². The van der Waals surface area contributed by atoms with Crippen molar-refractivity contribution in [2.45, 2.75) is 49.1 Å². The highest BCUT2D eigenvalue weighted by atomic mass is 35.5. The number of thioether (sulfide) groups is 1. The number of hydrogen-bond acceptors (Lipinski definition) is 4. The van der Waals surface area contributed by atoms with E-state index in [1.54, 1.807) is 25.3 Å². The highest BCUT2D eigenvalue weighted by Gasteiger charge is 2.22. The summed E-state index contributed by atoms with van der Waals surface area (Å²) in [6.45, 7) is 1.75. The maximum Gasteiger partial charge on any atom is 0.321 e. The number of carbonyl (C=O) groups is 2. The summed E-state index contributed by atoms with van der Waals surface area (Å²) < 4.78 is 1.88. The molecule has 6 nitrogen and oxygen atoms in total. The maximum atomic E-state index is 12.3. The van der Waals surface area contributed by atoms with Crippen molar-refractivity contribution in [1.29, 1.82) is 0 Å². The molecule has 3 amide bonds. The van der Waals surface area contributed by atoms with Crippen LogP contribution in [0.4, 0.5) is 4.79 Å². The number of nitrogens with zero attached hydrogens (tertiary/aromatic N) is 2. The fourth-order valence-corrected chi connectivity index (χ4v) is 3.90. The smallest absolute Gasteiger partial charge is 0.321 e. The molecule has 1 aliphatic rings. The van der Waals surface area contributed by atoms with Gasteiger partial charge in [-0.2, -0.15) is 0 Å². The van der Waals surface area contributed by atoms with Crippen LogP contribution in [0.15, 0.2) is 41.8 Å². The van der Waals surface area contributed by atoms with E-state index in [0.717, 1.165) is 31.4 Å². The van der Waals surface area contributed by atoms with Crippen LogP contribution in [0.1, 0.15) is 32.6 Å². The van der Waals surface area contributed by atoms with Gasteiger partial charge in [0.15, 0.2) is 5.16 Å². The third-order valence-electron chi connectivity index (χ3n) is 4.29. The lowest BCUT2D eigenvalue weighted by Gasteiger charge is -2.15. The van der Waals surface area contributed by atoms with Gasteiger partial charge in [-0.1, -0.05) is 36.2 Å². The van der Waals surface area contributed by atoms with Gasteiger partial charge >= 0.3 is 6.03 Å². The first-order valence-corrected chi connectivity index (χ1v) is 9.86. The van der Waals surface area contributed by atoms with Gasteiger partial charge in [0.05, 0.1) is 5.25 Å². The zero-order valence-electron chi connectivity index (χ0n) is 14.4. The van der Waals surface area contributed by atoms with E-state index in [1.165, 1.54) is 11.8 Å². The molecule has 8 heteroatoms. The fourth-order valence-electron chi connectivity index (χ4n) is 2.89. The number of rotatable bonds is 5. The first-order valence-electron chi connectivity index (χ1n) is 8.60. The topological polar surface area (TPSA) is 76.0 Å². The minimum atomic E-state index is -0.460.